The summed E-state index contributed by atoms with van der Waals surface area (Å²) in [6.45, 7) is 2.04. The second-order valence-corrected chi connectivity index (χ2v) is 5.81. The highest BCUT2D eigenvalue weighted by atomic mass is 79.9. The molecule has 110 valence electrons. The number of ether oxygens (including phenoxy) is 1. The highest BCUT2D eigenvalue weighted by Crippen LogP contribution is 2.26. The molecule has 0 saturated heterocycles. The zero-order valence-electron chi connectivity index (χ0n) is 11.7. The molecule has 0 aliphatic heterocycles. The molecule has 2 aromatic rings. The Bertz CT molecular complexity index is 673. The summed E-state index contributed by atoms with van der Waals surface area (Å²) < 4.78 is 6.19. The number of nitrogens with one attached hydrogen (secondary N) is 1. The lowest BCUT2D eigenvalue weighted by atomic mass is 10.1. The smallest absolute Gasteiger partial charge is 0.259 e. The van der Waals surface area contributed by atoms with Crippen LogP contribution < -0.4 is 10.1 Å². The average Bonchev–Trinajstić information content (AvgIpc) is 2.48. The van der Waals surface area contributed by atoms with Crippen LogP contribution in [0.1, 0.15) is 22.8 Å². The number of carbonyl (C=O) groups excluding carboxylic acids is 1. The standard InChI is InChI=1S/C16H15BrClNO2/c1-3-10-8-11(17)4-6-14(10)19-16(20)13-9-12(18)5-7-15(13)21-2/h4-9H,3H2,1-2H3,(H,19,20). The molecule has 5 heteroatoms. The van der Waals surface area contributed by atoms with E-state index in [4.69, 9.17) is 16.3 Å². The largest absolute Gasteiger partial charge is 0.496 e. The first-order valence-corrected chi connectivity index (χ1v) is 7.65. The molecule has 2 aromatic carbocycles. The second kappa shape index (κ2) is 6.96. The quantitative estimate of drug-likeness (QED) is 0.831. The Kier molecular flexibility index (Phi) is 5.26. The highest BCUT2D eigenvalue weighted by Gasteiger charge is 2.14. The Morgan fingerprint density at radius 1 is 1.29 bits per heavy atom. The normalized spacial score (nSPS) is 10.3. The van der Waals surface area contributed by atoms with Crippen LogP contribution in [0.4, 0.5) is 5.69 Å². The molecular weight excluding hydrogens is 354 g/mol. The van der Waals surface area contributed by atoms with Crippen molar-refractivity contribution in [3.63, 3.8) is 0 Å². The zero-order chi connectivity index (χ0) is 15.4. The van der Waals surface area contributed by atoms with Crippen molar-refractivity contribution in [2.75, 3.05) is 12.4 Å². The van der Waals surface area contributed by atoms with Gasteiger partial charge in [0.1, 0.15) is 5.75 Å². The maximum Gasteiger partial charge on any atom is 0.259 e. The van der Waals surface area contributed by atoms with Crippen LogP contribution in [0.2, 0.25) is 5.02 Å². The van der Waals surface area contributed by atoms with E-state index in [1.54, 1.807) is 18.2 Å². The Balaban J connectivity index is 2.32. The molecule has 0 radical (unpaired) electrons. The summed E-state index contributed by atoms with van der Waals surface area (Å²) in [6.07, 6.45) is 0.821. The Labute approximate surface area is 137 Å². The van der Waals surface area contributed by atoms with E-state index in [1.165, 1.54) is 7.11 Å². The van der Waals surface area contributed by atoms with Crippen molar-refractivity contribution >= 4 is 39.1 Å². The molecule has 0 heterocycles. The van der Waals surface area contributed by atoms with Crippen molar-refractivity contribution < 1.29 is 9.53 Å². The van der Waals surface area contributed by atoms with Crippen LogP contribution in [0.15, 0.2) is 40.9 Å². The van der Waals surface area contributed by atoms with Gasteiger partial charge in [-0.25, -0.2) is 0 Å². The monoisotopic (exact) mass is 367 g/mol. The number of methoxy groups -OCH3 is 1. The third-order valence-electron chi connectivity index (χ3n) is 3.10. The van der Waals surface area contributed by atoms with E-state index in [0.29, 0.717) is 16.3 Å². The number of hydrogen-bond donors (Lipinski definition) is 1. The molecule has 0 aliphatic rings. The predicted molar refractivity (Wildman–Crippen MR) is 89.5 cm³/mol. The third-order valence-corrected chi connectivity index (χ3v) is 3.83. The van der Waals surface area contributed by atoms with Gasteiger partial charge in [-0.1, -0.05) is 34.5 Å². The molecule has 0 atom stereocenters. The maximum atomic E-state index is 12.4. The number of rotatable bonds is 4. The SMILES string of the molecule is CCc1cc(Br)ccc1NC(=O)c1cc(Cl)ccc1OC. The van der Waals surface area contributed by atoms with Crippen LogP contribution in [-0.4, -0.2) is 13.0 Å². The van der Waals surface area contributed by atoms with Crippen LogP contribution in [-0.2, 0) is 6.42 Å². The first-order chi connectivity index (χ1) is 10.0. The Hall–Kier alpha value is -1.52. The summed E-state index contributed by atoms with van der Waals surface area (Å²) in [5.41, 5.74) is 2.25. The topological polar surface area (TPSA) is 38.3 Å². The third kappa shape index (κ3) is 3.77. The van der Waals surface area contributed by atoms with Gasteiger partial charge in [0.25, 0.3) is 5.91 Å². The summed E-state index contributed by atoms with van der Waals surface area (Å²) in [7, 11) is 1.52. The Morgan fingerprint density at radius 3 is 2.71 bits per heavy atom. The van der Waals surface area contributed by atoms with Crippen LogP contribution in [0.5, 0.6) is 5.75 Å². The van der Waals surface area contributed by atoms with Gasteiger partial charge in [-0.2, -0.15) is 0 Å². The van der Waals surface area contributed by atoms with E-state index in [1.807, 2.05) is 25.1 Å². The molecule has 1 amide bonds. The van der Waals surface area contributed by atoms with E-state index in [2.05, 4.69) is 21.2 Å². The van der Waals surface area contributed by atoms with Crippen molar-refractivity contribution in [2.45, 2.75) is 13.3 Å². The van der Waals surface area contributed by atoms with E-state index >= 15 is 0 Å². The predicted octanol–water partition coefficient (Wildman–Crippen LogP) is 4.93. The van der Waals surface area contributed by atoms with Crippen LogP contribution in [0, 0.1) is 0 Å². The second-order valence-electron chi connectivity index (χ2n) is 4.45. The molecule has 0 bridgehead atoms. The number of benzene rings is 2. The van der Waals surface area contributed by atoms with Gasteiger partial charge in [0, 0.05) is 15.2 Å². The summed E-state index contributed by atoms with van der Waals surface area (Å²) in [4.78, 5) is 12.4. The molecule has 0 aromatic heterocycles. The number of halogens is 2. The minimum atomic E-state index is -0.244. The van der Waals surface area contributed by atoms with E-state index in [-0.39, 0.29) is 5.91 Å². The van der Waals surface area contributed by atoms with Crippen molar-refractivity contribution in [3.8, 4) is 5.75 Å². The van der Waals surface area contributed by atoms with Gasteiger partial charge in [0.2, 0.25) is 0 Å². The minimum absolute atomic E-state index is 0.244. The first kappa shape index (κ1) is 15.9. The summed E-state index contributed by atoms with van der Waals surface area (Å²) in [6, 6.07) is 10.7. The van der Waals surface area contributed by atoms with Crippen LogP contribution in [0.3, 0.4) is 0 Å². The van der Waals surface area contributed by atoms with Crippen molar-refractivity contribution in [1.82, 2.24) is 0 Å². The van der Waals surface area contributed by atoms with Gasteiger partial charge in [-0.15, -0.1) is 0 Å². The lowest BCUT2D eigenvalue weighted by Gasteiger charge is -2.12. The summed E-state index contributed by atoms with van der Waals surface area (Å²) in [5.74, 6) is 0.249. The molecule has 1 N–H and O–H groups in total. The van der Waals surface area contributed by atoms with Crippen molar-refractivity contribution in [1.29, 1.82) is 0 Å². The van der Waals surface area contributed by atoms with Crippen molar-refractivity contribution in [3.05, 3.63) is 57.0 Å². The number of anilines is 1. The van der Waals surface area contributed by atoms with Crippen LogP contribution in [0.25, 0.3) is 0 Å². The number of amides is 1. The molecule has 0 aliphatic carbocycles. The molecule has 3 nitrogen and oxygen atoms in total. The number of aryl methyl sites for hydroxylation is 1. The first-order valence-electron chi connectivity index (χ1n) is 6.48. The molecule has 2 rings (SSSR count). The maximum absolute atomic E-state index is 12.4. The van der Waals surface area contributed by atoms with E-state index in [0.717, 1.165) is 22.1 Å². The van der Waals surface area contributed by atoms with Gasteiger partial charge in [-0.3, -0.25) is 4.79 Å². The number of carbonyl (C=O) groups is 1. The average molecular weight is 369 g/mol. The number of hydrogen-bond acceptors (Lipinski definition) is 2. The van der Waals surface area contributed by atoms with Crippen molar-refractivity contribution in [2.24, 2.45) is 0 Å². The van der Waals surface area contributed by atoms with Crippen LogP contribution >= 0.6 is 27.5 Å². The molecule has 0 saturated carbocycles. The summed E-state index contributed by atoms with van der Waals surface area (Å²) >= 11 is 9.39. The van der Waals surface area contributed by atoms with Gasteiger partial charge in [-0.05, 0) is 48.4 Å². The molecular formula is C16H15BrClNO2. The molecule has 21 heavy (non-hydrogen) atoms. The van der Waals surface area contributed by atoms with Gasteiger partial charge in [0.05, 0.1) is 12.7 Å². The minimum Gasteiger partial charge on any atom is -0.496 e. The molecule has 0 unspecified atom stereocenters. The lowest BCUT2D eigenvalue weighted by Crippen LogP contribution is -2.14. The Morgan fingerprint density at radius 2 is 2.05 bits per heavy atom. The van der Waals surface area contributed by atoms with Gasteiger partial charge in [0.15, 0.2) is 0 Å². The molecule has 0 fully saturated rings. The molecule has 0 spiro atoms. The van der Waals surface area contributed by atoms with Gasteiger partial charge < -0.3 is 10.1 Å². The lowest BCUT2D eigenvalue weighted by molar-refractivity contribution is 0.102. The van der Waals surface area contributed by atoms with E-state index in [9.17, 15) is 4.79 Å². The fourth-order valence-corrected chi connectivity index (χ4v) is 2.60. The zero-order valence-corrected chi connectivity index (χ0v) is 14.1. The van der Waals surface area contributed by atoms with Gasteiger partial charge >= 0.3 is 0 Å². The summed E-state index contributed by atoms with van der Waals surface area (Å²) in [5, 5.41) is 3.40. The fourth-order valence-electron chi connectivity index (χ4n) is 2.02. The fraction of sp³-hybridized carbons (Fsp3) is 0.188. The highest BCUT2D eigenvalue weighted by molar-refractivity contribution is 9.10. The van der Waals surface area contributed by atoms with E-state index < -0.39 is 0 Å².